The van der Waals surface area contributed by atoms with Crippen LogP contribution in [0.25, 0.3) is 0 Å². The maximum atomic E-state index is 13.3. The summed E-state index contributed by atoms with van der Waals surface area (Å²) in [5.41, 5.74) is 0.713. The number of carbonyl (C=O) groups is 3. The number of hydrogen-bond donors (Lipinski definition) is 2. The van der Waals surface area contributed by atoms with Crippen LogP contribution in [0.2, 0.25) is 5.02 Å². The average Bonchev–Trinajstić information content (AvgIpc) is 3.02. The van der Waals surface area contributed by atoms with E-state index < -0.39 is 11.4 Å². The van der Waals surface area contributed by atoms with Crippen molar-refractivity contribution in [2.75, 3.05) is 12.4 Å². The third kappa shape index (κ3) is 4.62. The number of anilines is 1. The normalized spacial score (nSPS) is 21.3. The molecule has 0 spiro atoms. The van der Waals surface area contributed by atoms with E-state index in [-0.39, 0.29) is 35.8 Å². The molecule has 0 saturated heterocycles. The molecule has 1 unspecified atom stereocenters. The van der Waals surface area contributed by atoms with Gasteiger partial charge in [-0.3, -0.25) is 19.1 Å². The Labute approximate surface area is 198 Å². The van der Waals surface area contributed by atoms with Gasteiger partial charge in [-0.1, -0.05) is 43.4 Å². The van der Waals surface area contributed by atoms with E-state index in [1.165, 1.54) is 28.5 Å². The molecule has 1 saturated carbocycles. The maximum absolute atomic E-state index is 13.3. The van der Waals surface area contributed by atoms with Crippen molar-refractivity contribution >= 4 is 35.0 Å². The molecule has 0 radical (unpaired) electrons. The van der Waals surface area contributed by atoms with Crippen LogP contribution in [0.1, 0.15) is 72.0 Å². The molecule has 8 nitrogen and oxygen atoms in total. The fourth-order valence-electron chi connectivity index (χ4n) is 4.51. The van der Waals surface area contributed by atoms with Crippen LogP contribution in [0.5, 0.6) is 0 Å². The van der Waals surface area contributed by atoms with Crippen molar-refractivity contribution < 1.29 is 14.4 Å². The van der Waals surface area contributed by atoms with E-state index in [0.717, 1.165) is 31.2 Å². The number of aryl methyl sites for hydroxylation is 1. The van der Waals surface area contributed by atoms with Crippen molar-refractivity contribution in [3.05, 3.63) is 46.2 Å². The van der Waals surface area contributed by atoms with Gasteiger partial charge in [-0.25, -0.2) is 0 Å². The lowest BCUT2D eigenvalue weighted by Gasteiger charge is -2.41. The highest BCUT2D eigenvalue weighted by Crippen LogP contribution is 2.28. The zero-order valence-corrected chi connectivity index (χ0v) is 20.0. The van der Waals surface area contributed by atoms with Gasteiger partial charge in [-0.15, -0.1) is 0 Å². The Bertz CT molecular complexity index is 1090. The predicted octanol–water partition coefficient (Wildman–Crippen LogP) is 3.78. The Morgan fingerprint density at radius 2 is 1.85 bits per heavy atom. The van der Waals surface area contributed by atoms with Crippen LogP contribution in [0, 0.1) is 6.92 Å². The number of amides is 3. The number of hydrogen-bond acceptors (Lipinski definition) is 4. The molecule has 1 atom stereocenters. The molecule has 1 aromatic carbocycles. The molecule has 4 rings (SSSR count). The van der Waals surface area contributed by atoms with Crippen molar-refractivity contribution in [1.29, 1.82) is 0 Å². The second kappa shape index (κ2) is 9.17. The molecular weight excluding hydrogens is 442 g/mol. The summed E-state index contributed by atoms with van der Waals surface area (Å²) in [4.78, 5) is 40.6. The number of nitrogens with one attached hydrogen (secondary N) is 2. The van der Waals surface area contributed by atoms with Crippen LogP contribution in [-0.2, 0) is 11.3 Å². The largest absolute Gasteiger partial charge is 0.351 e. The number of rotatable bonds is 4. The standard InChI is InChI=1S/C24H30ClN5O3/c1-15-10-11-18(17(25)12-15)27-21(31)19-13-20-22(32)29(3)24(2,14-30(20)28-19)23(33)26-16-8-6-4-5-7-9-16/h10-13,16H,4-9,14H2,1-3H3,(H,26,33)(H,27,31). The van der Waals surface area contributed by atoms with Gasteiger partial charge in [0.1, 0.15) is 11.2 Å². The van der Waals surface area contributed by atoms with E-state index in [1.807, 2.05) is 13.0 Å². The smallest absolute Gasteiger partial charge is 0.276 e. The van der Waals surface area contributed by atoms with Gasteiger partial charge in [-0.2, -0.15) is 5.10 Å². The highest BCUT2D eigenvalue weighted by molar-refractivity contribution is 6.34. The number of benzene rings is 1. The van der Waals surface area contributed by atoms with E-state index in [2.05, 4.69) is 15.7 Å². The predicted molar refractivity (Wildman–Crippen MR) is 127 cm³/mol. The van der Waals surface area contributed by atoms with Crippen molar-refractivity contribution in [2.24, 2.45) is 0 Å². The third-order valence-corrected chi connectivity index (χ3v) is 7.10. The Morgan fingerprint density at radius 1 is 1.15 bits per heavy atom. The van der Waals surface area contributed by atoms with Crippen molar-refractivity contribution in [1.82, 2.24) is 20.0 Å². The minimum absolute atomic E-state index is 0.0943. The number of likely N-dealkylation sites (N-methyl/N-ethyl adjacent to an activating group) is 1. The first kappa shape index (κ1) is 23.3. The van der Waals surface area contributed by atoms with Crippen LogP contribution in [0.4, 0.5) is 5.69 Å². The summed E-state index contributed by atoms with van der Waals surface area (Å²) >= 11 is 6.22. The van der Waals surface area contributed by atoms with Gasteiger partial charge in [0.2, 0.25) is 5.91 Å². The topological polar surface area (TPSA) is 96.3 Å². The van der Waals surface area contributed by atoms with Gasteiger partial charge >= 0.3 is 0 Å². The summed E-state index contributed by atoms with van der Waals surface area (Å²) in [6.07, 6.45) is 6.50. The molecule has 1 fully saturated rings. The molecule has 176 valence electrons. The molecule has 2 aliphatic rings. The summed E-state index contributed by atoms with van der Waals surface area (Å²) in [5, 5.41) is 10.7. The van der Waals surface area contributed by atoms with Gasteiger partial charge in [0.25, 0.3) is 11.8 Å². The zero-order valence-electron chi connectivity index (χ0n) is 19.3. The zero-order chi connectivity index (χ0) is 23.8. The van der Waals surface area contributed by atoms with Gasteiger partial charge in [0.15, 0.2) is 5.69 Å². The third-order valence-electron chi connectivity index (χ3n) is 6.79. The van der Waals surface area contributed by atoms with Crippen LogP contribution in [0.15, 0.2) is 24.3 Å². The first-order valence-corrected chi connectivity index (χ1v) is 11.8. The summed E-state index contributed by atoms with van der Waals surface area (Å²) in [5.74, 6) is -1.01. The van der Waals surface area contributed by atoms with Crippen LogP contribution >= 0.6 is 11.6 Å². The lowest BCUT2D eigenvalue weighted by molar-refractivity contribution is -0.133. The summed E-state index contributed by atoms with van der Waals surface area (Å²) in [7, 11) is 1.62. The molecule has 1 aromatic heterocycles. The molecule has 0 bridgehead atoms. The van der Waals surface area contributed by atoms with Gasteiger partial charge in [-0.05, 0) is 44.4 Å². The second-order valence-electron chi connectivity index (χ2n) is 9.31. The summed E-state index contributed by atoms with van der Waals surface area (Å²) in [6.45, 7) is 3.82. The van der Waals surface area contributed by atoms with E-state index in [4.69, 9.17) is 11.6 Å². The molecule has 3 amide bonds. The monoisotopic (exact) mass is 471 g/mol. The Hall–Kier alpha value is -2.87. The SMILES string of the molecule is Cc1ccc(NC(=O)c2cc3n(n2)CC(C)(C(=O)NC2CCCCCC2)N(C)C3=O)c(Cl)c1. The molecule has 9 heteroatoms. The van der Waals surface area contributed by atoms with E-state index in [9.17, 15) is 14.4 Å². The van der Waals surface area contributed by atoms with Crippen molar-refractivity contribution in [2.45, 2.75) is 70.5 Å². The maximum Gasteiger partial charge on any atom is 0.276 e. The fraction of sp³-hybridized carbons (Fsp3) is 0.500. The number of fused-ring (bicyclic) bond motifs is 1. The van der Waals surface area contributed by atoms with Crippen molar-refractivity contribution in [3.63, 3.8) is 0 Å². The highest BCUT2D eigenvalue weighted by Gasteiger charge is 2.46. The number of halogens is 1. The van der Waals surface area contributed by atoms with E-state index >= 15 is 0 Å². The van der Waals surface area contributed by atoms with Crippen LogP contribution in [-0.4, -0.2) is 51.0 Å². The van der Waals surface area contributed by atoms with Crippen LogP contribution in [0.3, 0.4) is 0 Å². The average molecular weight is 472 g/mol. The Morgan fingerprint density at radius 3 is 2.52 bits per heavy atom. The van der Waals surface area contributed by atoms with Crippen molar-refractivity contribution in [3.8, 4) is 0 Å². The fourth-order valence-corrected chi connectivity index (χ4v) is 4.79. The number of carbonyl (C=O) groups excluding carboxylic acids is 3. The lowest BCUT2D eigenvalue weighted by atomic mass is 9.95. The summed E-state index contributed by atoms with van der Waals surface area (Å²) in [6, 6.07) is 6.90. The van der Waals surface area contributed by atoms with Gasteiger partial charge in [0, 0.05) is 19.2 Å². The molecule has 33 heavy (non-hydrogen) atoms. The molecule has 1 aliphatic carbocycles. The molecule has 2 aromatic rings. The number of nitrogens with zero attached hydrogens (tertiary/aromatic N) is 3. The lowest BCUT2D eigenvalue weighted by Crippen LogP contribution is -2.63. The van der Waals surface area contributed by atoms with Gasteiger partial charge in [0.05, 0.1) is 17.3 Å². The molecule has 1 aliphatic heterocycles. The minimum Gasteiger partial charge on any atom is -0.351 e. The van der Waals surface area contributed by atoms with E-state index in [1.54, 1.807) is 26.1 Å². The minimum atomic E-state index is -1.10. The molecular formula is C24H30ClN5O3. The first-order chi connectivity index (χ1) is 15.7. The van der Waals surface area contributed by atoms with E-state index in [0.29, 0.717) is 10.7 Å². The Balaban J connectivity index is 1.53. The number of aromatic nitrogens is 2. The quantitative estimate of drug-likeness (QED) is 0.663. The molecule has 2 heterocycles. The molecule has 2 N–H and O–H groups in total. The summed E-state index contributed by atoms with van der Waals surface area (Å²) < 4.78 is 1.46. The van der Waals surface area contributed by atoms with Crippen LogP contribution < -0.4 is 10.6 Å². The second-order valence-corrected chi connectivity index (χ2v) is 9.72. The first-order valence-electron chi connectivity index (χ1n) is 11.4. The van der Waals surface area contributed by atoms with Gasteiger partial charge < -0.3 is 15.5 Å². The highest BCUT2D eigenvalue weighted by atomic mass is 35.5. The Kier molecular flexibility index (Phi) is 6.47.